The Bertz CT molecular complexity index is 633. The zero-order valence-corrected chi connectivity index (χ0v) is 12.6. The minimum Gasteiger partial charge on any atom is -0.396 e. The number of imidazole rings is 1. The van der Waals surface area contributed by atoms with Crippen molar-refractivity contribution in [2.75, 3.05) is 13.2 Å². The van der Waals surface area contributed by atoms with E-state index in [0.29, 0.717) is 0 Å². The van der Waals surface area contributed by atoms with E-state index in [-0.39, 0.29) is 18.1 Å². The first-order valence-corrected chi connectivity index (χ1v) is 7.39. The van der Waals surface area contributed by atoms with E-state index in [1.807, 2.05) is 25.2 Å². The first kappa shape index (κ1) is 13.9. The number of hydrogen-bond donors (Lipinski definition) is 2. The third-order valence-electron chi connectivity index (χ3n) is 4.34. The Kier molecular flexibility index (Phi) is 3.48. The summed E-state index contributed by atoms with van der Waals surface area (Å²) in [7, 11) is 2.01. The van der Waals surface area contributed by atoms with Crippen molar-refractivity contribution in [3.63, 3.8) is 0 Å². The van der Waals surface area contributed by atoms with Gasteiger partial charge in [-0.05, 0) is 38.0 Å². The summed E-state index contributed by atoms with van der Waals surface area (Å²) in [4.78, 5) is 4.68. The number of aliphatic hydroxyl groups excluding tert-OH is 1. The van der Waals surface area contributed by atoms with Crippen molar-refractivity contribution in [2.24, 2.45) is 12.5 Å². The number of hydrogen-bond acceptors (Lipinski definition) is 3. The summed E-state index contributed by atoms with van der Waals surface area (Å²) in [5.41, 5.74) is 2.12. The number of halogens is 1. The van der Waals surface area contributed by atoms with E-state index in [9.17, 15) is 5.11 Å². The van der Waals surface area contributed by atoms with Crippen LogP contribution >= 0.6 is 11.6 Å². The maximum absolute atomic E-state index is 9.36. The lowest BCUT2D eigenvalue weighted by molar-refractivity contribution is 0.204. The van der Waals surface area contributed by atoms with Crippen LogP contribution in [0.2, 0.25) is 5.02 Å². The second-order valence-electron chi connectivity index (χ2n) is 5.92. The topological polar surface area (TPSA) is 50.1 Å². The van der Waals surface area contributed by atoms with E-state index in [2.05, 4.69) is 21.8 Å². The van der Waals surface area contributed by atoms with Gasteiger partial charge in [-0.2, -0.15) is 0 Å². The SMILES string of the molecule is CC(NCC1(CO)CC1)c1nc2ccc(Cl)cc2n1C. The molecule has 1 unspecified atom stereocenters. The molecule has 4 nitrogen and oxygen atoms in total. The molecular weight excluding hydrogens is 274 g/mol. The second kappa shape index (κ2) is 5.02. The highest BCUT2D eigenvalue weighted by Crippen LogP contribution is 2.44. The van der Waals surface area contributed by atoms with Gasteiger partial charge in [-0.3, -0.25) is 0 Å². The molecule has 0 saturated heterocycles. The molecule has 0 radical (unpaired) electrons. The van der Waals surface area contributed by atoms with Gasteiger partial charge in [0.15, 0.2) is 0 Å². The standard InChI is InChI=1S/C15H20ClN3O/c1-10(17-8-15(9-20)5-6-15)14-18-12-4-3-11(16)7-13(12)19(14)2/h3-4,7,10,17,20H,5-6,8-9H2,1-2H3. The van der Waals surface area contributed by atoms with Crippen LogP contribution in [0.3, 0.4) is 0 Å². The van der Waals surface area contributed by atoms with Gasteiger partial charge >= 0.3 is 0 Å². The van der Waals surface area contributed by atoms with Gasteiger partial charge in [0.25, 0.3) is 0 Å². The van der Waals surface area contributed by atoms with Crippen molar-refractivity contribution >= 4 is 22.6 Å². The van der Waals surface area contributed by atoms with E-state index in [1.165, 1.54) is 0 Å². The van der Waals surface area contributed by atoms with Gasteiger partial charge in [-0.15, -0.1) is 0 Å². The molecule has 2 N–H and O–H groups in total. The summed E-state index contributed by atoms with van der Waals surface area (Å²) in [6.45, 7) is 3.22. The number of aliphatic hydroxyl groups is 1. The Morgan fingerprint density at radius 3 is 2.90 bits per heavy atom. The lowest BCUT2D eigenvalue weighted by Crippen LogP contribution is -2.30. The fraction of sp³-hybridized carbons (Fsp3) is 0.533. The van der Waals surface area contributed by atoms with Gasteiger partial charge < -0.3 is 15.0 Å². The molecule has 1 atom stereocenters. The molecule has 1 aliphatic carbocycles. The molecule has 108 valence electrons. The monoisotopic (exact) mass is 293 g/mol. The van der Waals surface area contributed by atoms with Crippen LogP contribution in [0, 0.1) is 5.41 Å². The van der Waals surface area contributed by atoms with Crippen LogP contribution in [0.1, 0.15) is 31.6 Å². The first-order valence-electron chi connectivity index (χ1n) is 7.01. The van der Waals surface area contributed by atoms with E-state index in [1.54, 1.807) is 0 Å². The van der Waals surface area contributed by atoms with Crippen molar-refractivity contribution in [1.29, 1.82) is 0 Å². The van der Waals surface area contributed by atoms with Crippen molar-refractivity contribution in [2.45, 2.75) is 25.8 Å². The molecule has 3 rings (SSSR count). The molecular formula is C15H20ClN3O. The first-order chi connectivity index (χ1) is 9.54. The second-order valence-corrected chi connectivity index (χ2v) is 6.36. The van der Waals surface area contributed by atoms with Gasteiger partial charge in [0.1, 0.15) is 5.82 Å². The number of fused-ring (bicyclic) bond motifs is 1. The predicted octanol–water partition coefficient (Wildman–Crippen LogP) is 2.65. The molecule has 0 spiro atoms. The smallest absolute Gasteiger partial charge is 0.126 e. The van der Waals surface area contributed by atoms with Crippen molar-refractivity contribution in [3.05, 3.63) is 29.0 Å². The molecule has 1 aromatic heterocycles. The number of benzene rings is 1. The van der Waals surface area contributed by atoms with E-state index in [0.717, 1.165) is 41.3 Å². The minimum absolute atomic E-state index is 0.113. The molecule has 1 heterocycles. The number of nitrogens with one attached hydrogen (secondary N) is 1. The minimum atomic E-state index is 0.113. The molecule has 0 aliphatic heterocycles. The van der Waals surface area contributed by atoms with E-state index >= 15 is 0 Å². The summed E-state index contributed by atoms with van der Waals surface area (Å²) < 4.78 is 2.08. The van der Waals surface area contributed by atoms with Crippen LogP contribution in [0.4, 0.5) is 0 Å². The van der Waals surface area contributed by atoms with Crippen LogP contribution in [0.15, 0.2) is 18.2 Å². The molecule has 20 heavy (non-hydrogen) atoms. The van der Waals surface area contributed by atoms with Gasteiger partial charge in [0.2, 0.25) is 0 Å². The highest BCUT2D eigenvalue weighted by atomic mass is 35.5. The number of rotatable bonds is 5. The van der Waals surface area contributed by atoms with Crippen molar-refractivity contribution < 1.29 is 5.11 Å². The molecule has 0 amide bonds. The van der Waals surface area contributed by atoms with Crippen molar-refractivity contribution in [1.82, 2.24) is 14.9 Å². The summed E-state index contributed by atoms with van der Waals surface area (Å²) in [6.07, 6.45) is 2.22. The Morgan fingerprint density at radius 1 is 1.50 bits per heavy atom. The normalized spacial score (nSPS) is 18.4. The summed E-state index contributed by atoms with van der Waals surface area (Å²) in [5, 5.41) is 13.6. The zero-order chi connectivity index (χ0) is 14.3. The Balaban J connectivity index is 1.80. The number of nitrogens with zero attached hydrogens (tertiary/aromatic N) is 2. The third kappa shape index (κ3) is 2.43. The average molecular weight is 294 g/mol. The fourth-order valence-electron chi connectivity index (χ4n) is 2.60. The largest absolute Gasteiger partial charge is 0.396 e. The lowest BCUT2D eigenvalue weighted by Gasteiger charge is -2.18. The average Bonchev–Trinajstić information content (AvgIpc) is 3.16. The van der Waals surface area contributed by atoms with Crippen LogP contribution in [0.25, 0.3) is 11.0 Å². The van der Waals surface area contributed by atoms with Crippen LogP contribution in [0.5, 0.6) is 0 Å². The predicted molar refractivity (Wildman–Crippen MR) is 80.9 cm³/mol. The highest BCUT2D eigenvalue weighted by Gasteiger charge is 2.41. The summed E-state index contributed by atoms with van der Waals surface area (Å²) in [6, 6.07) is 5.90. The number of aryl methyl sites for hydroxylation is 1. The number of aromatic nitrogens is 2. The Hall–Kier alpha value is -1.10. The Labute approximate surface area is 123 Å². The van der Waals surface area contributed by atoms with Gasteiger partial charge in [-0.25, -0.2) is 4.98 Å². The molecule has 2 aromatic rings. The molecule has 1 aromatic carbocycles. The molecule has 1 saturated carbocycles. The van der Waals surface area contributed by atoms with E-state index < -0.39 is 0 Å². The maximum Gasteiger partial charge on any atom is 0.126 e. The molecule has 1 fully saturated rings. The van der Waals surface area contributed by atoms with E-state index in [4.69, 9.17) is 11.6 Å². The zero-order valence-electron chi connectivity index (χ0n) is 11.9. The van der Waals surface area contributed by atoms with Crippen LogP contribution in [-0.2, 0) is 7.05 Å². The van der Waals surface area contributed by atoms with Gasteiger partial charge in [-0.1, -0.05) is 11.6 Å². The Morgan fingerprint density at radius 2 is 2.25 bits per heavy atom. The van der Waals surface area contributed by atoms with Crippen LogP contribution < -0.4 is 5.32 Å². The fourth-order valence-corrected chi connectivity index (χ4v) is 2.76. The summed E-state index contributed by atoms with van der Waals surface area (Å²) in [5.74, 6) is 0.996. The van der Waals surface area contributed by atoms with Gasteiger partial charge in [0.05, 0.1) is 17.1 Å². The van der Waals surface area contributed by atoms with Crippen molar-refractivity contribution in [3.8, 4) is 0 Å². The van der Waals surface area contributed by atoms with Gasteiger partial charge in [0, 0.05) is 30.6 Å². The summed E-state index contributed by atoms with van der Waals surface area (Å²) >= 11 is 6.04. The quantitative estimate of drug-likeness (QED) is 0.891. The lowest BCUT2D eigenvalue weighted by atomic mass is 10.1. The molecule has 0 bridgehead atoms. The maximum atomic E-state index is 9.36. The molecule has 1 aliphatic rings. The highest BCUT2D eigenvalue weighted by molar-refractivity contribution is 6.31. The third-order valence-corrected chi connectivity index (χ3v) is 4.58. The molecule has 5 heteroatoms. The van der Waals surface area contributed by atoms with Crippen LogP contribution in [-0.4, -0.2) is 27.8 Å².